The van der Waals surface area contributed by atoms with Crippen LogP contribution in [0.4, 0.5) is 0 Å². The summed E-state index contributed by atoms with van der Waals surface area (Å²) in [7, 11) is 1.54. The Morgan fingerprint density at radius 3 is 2.72 bits per heavy atom. The Bertz CT molecular complexity index is 767. The molecule has 1 aromatic heterocycles. The maximum atomic E-state index is 11.6. The fourth-order valence-corrected chi connectivity index (χ4v) is 1.73. The molecule has 2 N–H and O–H groups in total. The highest BCUT2D eigenvalue weighted by Gasteiger charge is 2.10. The van der Waals surface area contributed by atoms with Gasteiger partial charge in [-0.25, -0.2) is 4.79 Å². The van der Waals surface area contributed by atoms with Crippen LogP contribution in [-0.4, -0.2) is 31.5 Å². The van der Waals surface area contributed by atoms with Gasteiger partial charge in [0.1, 0.15) is 5.75 Å². The minimum Gasteiger partial charge on any atom is -0.497 e. The lowest BCUT2D eigenvalue weighted by molar-refractivity contribution is -0.144. The van der Waals surface area contributed by atoms with Crippen LogP contribution in [-0.2, 0) is 14.3 Å². The van der Waals surface area contributed by atoms with Crippen molar-refractivity contribution in [3.05, 3.63) is 60.1 Å². The van der Waals surface area contributed by atoms with E-state index in [-0.39, 0.29) is 5.76 Å². The molecule has 0 fully saturated rings. The van der Waals surface area contributed by atoms with Crippen LogP contribution in [0.1, 0.15) is 16.1 Å². The zero-order chi connectivity index (χ0) is 18.1. The van der Waals surface area contributed by atoms with Crippen molar-refractivity contribution in [3.8, 4) is 5.75 Å². The van der Waals surface area contributed by atoms with Gasteiger partial charge in [0.2, 0.25) is 0 Å². The molecule has 2 rings (SSSR count). The van der Waals surface area contributed by atoms with Crippen LogP contribution in [0, 0.1) is 0 Å². The van der Waals surface area contributed by atoms with Gasteiger partial charge in [-0.1, -0.05) is 12.1 Å². The zero-order valence-corrected chi connectivity index (χ0v) is 13.4. The largest absolute Gasteiger partial charge is 0.497 e. The van der Waals surface area contributed by atoms with Crippen LogP contribution in [0.25, 0.3) is 6.08 Å². The Morgan fingerprint density at radius 2 is 2.00 bits per heavy atom. The van der Waals surface area contributed by atoms with Crippen molar-refractivity contribution >= 4 is 23.9 Å². The van der Waals surface area contributed by atoms with Crippen molar-refractivity contribution in [2.45, 2.75) is 0 Å². The van der Waals surface area contributed by atoms with Crippen molar-refractivity contribution in [2.24, 2.45) is 0 Å². The summed E-state index contributed by atoms with van der Waals surface area (Å²) < 4.78 is 14.7. The lowest BCUT2D eigenvalue weighted by atomic mass is 10.2. The highest BCUT2D eigenvalue weighted by molar-refractivity contribution is 5.93. The number of rotatable bonds is 6. The number of methoxy groups -OCH3 is 1. The highest BCUT2D eigenvalue weighted by Crippen LogP contribution is 2.13. The van der Waals surface area contributed by atoms with E-state index in [2.05, 4.69) is 10.9 Å². The monoisotopic (exact) mass is 344 g/mol. The van der Waals surface area contributed by atoms with Gasteiger partial charge in [-0.05, 0) is 35.9 Å². The molecule has 25 heavy (non-hydrogen) atoms. The average Bonchev–Trinajstić information content (AvgIpc) is 3.17. The van der Waals surface area contributed by atoms with Crippen molar-refractivity contribution in [1.29, 1.82) is 0 Å². The standard InChI is InChI=1S/C17H16N2O6/c1-23-13-5-2-4-12(10-13)7-8-16(21)25-11-15(20)18-19-17(22)14-6-3-9-24-14/h2-10H,11H2,1H3,(H,18,20)(H,19,22)/b8-7+. The molecule has 0 radical (unpaired) electrons. The van der Waals surface area contributed by atoms with E-state index >= 15 is 0 Å². The number of nitrogens with one attached hydrogen (secondary N) is 2. The van der Waals surface area contributed by atoms with Crippen molar-refractivity contribution in [1.82, 2.24) is 10.9 Å². The molecule has 8 nitrogen and oxygen atoms in total. The molecule has 2 aromatic rings. The molecule has 0 saturated heterocycles. The fourth-order valence-electron chi connectivity index (χ4n) is 1.73. The summed E-state index contributed by atoms with van der Waals surface area (Å²) in [5.74, 6) is -1.32. The summed E-state index contributed by atoms with van der Waals surface area (Å²) in [6, 6.07) is 10.0. The first-order chi connectivity index (χ1) is 12.1. The first-order valence-electron chi connectivity index (χ1n) is 7.20. The number of ether oxygens (including phenoxy) is 2. The Kier molecular flexibility index (Phi) is 6.35. The predicted molar refractivity (Wildman–Crippen MR) is 87.3 cm³/mol. The van der Waals surface area contributed by atoms with Gasteiger partial charge < -0.3 is 13.9 Å². The second-order valence-corrected chi connectivity index (χ2v) is 4.70. The molecule has 0 aliphatic carbocycles. The van der Waals surface area contributed by atoms with Gasteiger partial charge in [-0.3, -0.25) is 20.4 Å². The minimum absolute atomic E-state index is 0.0403. The molecule has 2 amide bonds. The molecule has 1 heterocycles. The number of furan rings is 1. The van der Waals surface area contributed by atoms with Crippen LogP contribution >= 0.6 is 0 Å². The Balaban J connectivity index is 1.72. The van der Waals surface area contributed by atoms with E-state index in [0.717, 1.165) is 5.56 Å². The Hall–Kier alpha value is -3.55. The first-order valence-corrected chi connectivity index (χ1v) is 7.20. The van der Waals surface area contributed by atoms with Gasteiger partial charge in [-0.2, -0.15) is 0 Å². The summed E-state index contributed by atoms with van der Waals surface area (Å²) >= 11 is 0. The van der Waals surface area contributed by atoms with Gasteiger partial charge in [0.05, 0.1) is 13.4 Å². The second kappa shape index (κ2) is 8.92. The molecular formula is C17H16N2O6. The number of carbonyl (C=O) groups excluding carboxylic acids is 3. The van der Waals surface area contributed by atoms with Crippen LogP contribution in [0.2, 0.25) is 0 Å². The average molecular weight is 344 g/mol. The third kappa shape index (κ3) is 5.87. The molecule has 0 bridgehead atoms. The van der Waals surface area contributed by atoms with Crippen LogP contribution in [0.5, 0.6) is 5.75 Å². The van der Waals surface area contributed by atoms with Gasteiger partial charge in [0.25, 0.3) is 5.91 Å². The van der Waals surface area contributed by atoms with E-state index in [0.29, 0.717) is 5.75 Å². The topological polar surface area (TPSA) is 107 Å². The molecule has 0 unspecified atom stereocenters. The molecule has 0 saturated carbocycles. The van der Waals surface area contributed by atoms with Gasteiger partial charge >= 0.3 is 11.9 Å². The first kappa shape index (κ1) is 17.8. The molecule has 0 atom stereocenters. The fraction of sp³-hybridized carbons (Fsp3) is 0.118. The lowest BCUT2D eigenvalue weighted by Crippen LogP contribution is -2.43. The van der Waals surface area contributed by atoms with E-state index in [9.17, 15) is 14.4 Å². The summed E-state index contributed by atoms with van der Waals surface area (Å²) in [4.78, 5) is 34.6. The van der Waals surface area contributed by atoms with E-state index in [1.165, 1.54) is 30.5 Å². The van der Waals surface area contributed by atoms with Crippen molar-refractivity contribution in [2.75, 3.05) is 13.7 Å². The van der Waals surface area contributed by atoms with Gasteiger partial charge in [0, 0.05) is 6.08 Å². The summed E-state index contributed by atoms with van der Waals surface area (Å²) in [6.45, 7) is -0.542. The van der Waals surface area contributed by atoms with E-state index in [4.69, 9.17) is 13.9 Å². The second-order valence-electron chi connectivity index (χ2n) is 4.70. The van der Waals surface area contributed by atoms with Gasteiger partial charge in [0.15, 0.2) is 12.4 Å². The van der Waals surface area contributed by atoms with E-state index < -0.39 is 24.4 Å². The van der Waals surface area contributed by atoms with Crippen molar-refractivity contribution < 1.29 is 28.3 Å². The zero-order valence-electron chi connectivity index (χ0n) is 13.4. The molecule has 1 aromatic carbocycles. The van der Waals surface area contributed by atoms with Crippen LogP contribution < -0.4 is 15.6 Å². The maximum absolute atomic E-state index is 11.6. The lowest BCUT2D eigenvalue weighted by Gasteiger charge is -2.05. The van der Waals surface area contributed by atoms with Crippen molar-refractivity contribution in [3.63, 3.8) is 0 Å². The number of carbonyl (C=O) groups is 3. The Labute approximate surface area is 143 Å². The number of hydrogen-bond donors (Lipinski definition) is 2. The third-order valence-corrected chi connectivity index (χ3v) is 2.91. The molecule has 0 spiro atoms. The molecule has 8 heteroatoms. The van der Waals surface area contributed by atoms with Crippen LogP contribution in [0.3, 0.4) is 0 Å². The summed E-state index contributed by atoms with van der Waals surface area (Å²) in [6.07, 6.45) is 4.04. The quantitative estimate of drug-likeness (QED) is 0.465. The van der Waals surface area contributed by atoms with E-state index in [1.54, 1.807) is 31.4 Å². The Morgan fingerprint density at radius 1 is 1.16 bits per heavy atom. The number of esters is 1. The normalized spacial score (nSPS) is 10.3. The van der Waals surface area contributed by atoms with E-state index in [1.807, 2.05) is 0 Å². The molecular weight excluding hydrogens is 328 g/mol. The number of hydrazine groups is 1. The highest BCUT2D eigenvalue weighted by atomic mass is 16.5. The smallest absolute Gasteiger partial charge is 0.331 e. The molecule has 0 aliphatic rings. The third-order valence-electron chi connectivity index (χ3n) is 2.91. The molecule has 130 valence electrons. The maximum Gasteiger partial charge on any atom is 0.331 e. The minimum atomic E-state index is -0.699. The molecule has 0 aliphatic heterocycles. The van der Waals surface area contributed by atoms with Gasteiger partial charge in [-0.15, -0.1) is 0 Å². The predicted octanol–water partition coefficient (Wildman–Crippen LogP) is 1.31. The number of hydrogen-bond acceptors (Lipinski definition) is 6. The van der Waals surface area contributed by atoms with Crippen LogP contribution in [0.15, 0.2) is 53.2 Å². The summed E-state index contributed by atoms with van der Waals surface area (Å²) in [5, 5.41) is 0. The number of amides is 2. The number of benzene rings is 1. The SMILES string of the molecule is COc1cccc(/C=C/C(=O)OCC(=O)NNC(=O)c2ccco2)c1. The summed E-state index contributed by atoms with van der Waals surface area (Å²) in [5.41, 5.74) is 4.96.